The third-order valence-corrected chi connectivity index (χ3v) is 3.61. The average molecular weight is 316 g/mol. The Kier molecular flexibility index (Phi) is 4.32. The average Bonchev–Trinajstić information content (AvgIpc) is 3.01. The predicted molar refractivity (Wildman–Crippen MR) is 82.8 cm³/mol. The van der Waals surface area contributed by atoms with Crippen molar-refractivity contribution in [1.82, 2.24) is 10.6 Å². The van der Waals surface area contributed by atoms with E-state index < -0.39 is 6.04 Å². The van der Waals surface area contributed by atoms with Gasteiger partial charge in [-0.25, -0.2) is 9.18 Å². The van der Waals surface area contributed by atoms with Gasteiger partial charge in [-0.3, -0.25) is 0 Å². The lowest BCUT2D eigenvalue weighted by atomic mass is 10.1. The monoisotopic (exact) mass is 316 g/mol. The van der Waals surface area contributed by atoms with Crippen LogP contribution in [0.1, 0.15) is 24.1 Å². The molecule has 2 N–H and O–H groups in total. The second-order valence-corrected chi connectivity index (χ2v) is 5.26. The highest BCUT2D eigenvalue weighted by molar-refractivity contribution is 5.74. The van der Waals surface area contributed by atoms with Crippen LogP contribution in [0.4, 0.5) is 9.18 Å². The van der Waals surface area contributed by atoms with E-state index in [1.807, 2.05) is 12.1 Å². The van der Waals surface area contributed by atoms with Crippen molar-refractivity contribution in [3.8, 4) is 11.5 Å². The summed E-state index contributed by atoms with van der Waals surface area (Å²) in [6.07, 6.45) is 0. The molecule has 5 nitrogen and oxygen atoms in total. The number of nitrogens with one attached hydrogen (secondary N) is 2. The van der Waals surface area contributed by atoms with Crippen LogP contribution < -0.4 is 20.1 Å². The molecule has 2 aromatic carbocycles. The normalized spacial score (nSPS) is 13.5. The SMILES string of the molecule is C[C@@H](NC(=O)NCc1ccc2c(c1)OCO2)c1ccccc1F. The number of ether oxygens (including phenoxy) is 2. The topological polar surface area (TPSA) is 59.6 Å². The van der Waals surface area contributed by atoms with Crippen molar-refractivity contribution in [1.29, 1.82) is 0 Å². The molecule has 1 aliphatic rings. The van der Waals surface area contributed by atoms with Gasteiger partial charge < -0.3 is 20.1 Å². The van der Waals surface area contributed by atoms with Gasteiger partial charge in [-0.05, 0) is 30.7 Å². The minimum absolute atomic E-state index is 0.215. The number of benzene rings is 2. The molecule has 120 valence electrons. The van der Waals surface area contributed by atoms with Gasteiger partial charge in [0.25, 0.3) is 0 Å². The van der Waals surface area contributed by atoms with Gasteiger partial charge in [0.1, 0.15) is 5.82 Å². The van der Waals surface area contributed by atoms with Gasteiger partial charge in [0, 0.05) is 12.1 Å². The number of urea groups is 1. The van der Waals surface area contributed by atoms with Gasteiger partial charge in [-0.1, -0.05) is 24.3 Å². The van der Waals surface area contributed by atoms with E-state index in [2.05, 4.69) is 10.6 Å². The molecule has 6 heteroatoms. The molecular weight excluding hydrogens is 299 g/mol. The summed E-state index contributed by atoms with van der Waals surface area (Å²) in [5.74, 6) is 1.03. The van der Waals surface area contributed by atoms with Crippen molar-refractivity contribution >= 4 is 6.03 Å². The largest absolute Gasteiger partial charge is 0.454 e. The Balaban J connectivity index is 1.54. The number of amides is 2. The van der Waals surface area contributed by atoms with E-state index in [4.69, 9.17) is 9.47 Å². The Hall–Kier alpha value is -2.76. The number of carbonyl (C=O) groups is 1. The van der Waals surface area contributed by atoms with Crippen molar-refractivity contribution in [2.75, 3.05) is 6.79 Å². The zero-order chi connectivity index (χ0) is 16.2. The van der Waals surface area contributed by atoms with Gasteiger partial charge in [0.05, 0.1) is 6.04 Å². The van der Waals surface area contributed by atoms with Crippen LogP contribution in [0.3, 0.4) is 0 Å². The fraction of sp³-hybridized carbons (Fsp3) is 0.235. The molecule has 23 heavy (non-hydrogen) atoms. The second kappa shape index (κ2) is 6.56. The predicted octanol–water partition coefficient (Wildman–Crippen LogP) is 3.11. The lowest BCUT2D eigenvalue weighted by Crippen LogP contribution is -2.36. The lowest BCUT2D eigenvalue weighted by Gasteiger charge is -2.15. The summed E-state index contributed by atoms with van der Waals surface area (Å²) in [6.45, 7) is 2.29. The summed E-state index contributed by atoms with van der Waals surface area (Å²) in [6, 6.07) is 11.1. The van der Waals surface area contributed by atoms with Gasteiger partial charge in [-0.15, -0.1) is 0 Å². The number of hydrogen-bond acceptors (Lipinski definition) is 3. The van der Waals surface area contributed by atoms with E-state index in [0.29, 0.717) is 23.6 Å². The maximum Gasteiger partial charge on any atom is 0.315 e. The minimum Gasteiger partial charge on any atom is -0.454 e. The Morgan fingerprint density at radius 2 is 2.00 bits per heavy atom. The fourth-order valence-corrected chi connectivity index (χ4v) is 2.38. The first-order valence-electron chi connectivity index (χ1n) is 7.31. The van der Waals surface area contributed by atoms with Crippen molar-refractivity contribution in [3.05, 3.63) is 59.4 Å². The van der Waals surface area contributed by atoms with E-state index in [1.165, 1.54) is 6.07 Å². The Bertz CT molecular complexity index is 721. The smallest absolute Gasteiger partial charge is 0.315 e. The molecule has 0 saturated carbocycles. The molecule has 2 aromatic rings. The molecule has 0 radical (unpaired) electrons. The van der Waals surface area contributed by atoms with E-state index in [-0.39, 0.29) is 18.6 Å². The summed E-state index contributed by atoms with van der Waals surface area (Å²) in [7, 11) is 0. The quantitative estimate of drug-likeness (QED) is 0.911. The lowest BCUT2D eigenvalue weighted by molar-refractivity contribution is 0.174. The van der Waals surface area contributed by atoms with Crippen LogP contribution >= 0.6 is 0 Å². The first-order valence-corrected chi connectivity index (χ1v) is 7.31. The molecule has 1 heterocycles. The van der Waals surface area contributed by atoms with Crippen molar-refractivity contribution < 1.29 is 18.7 Å². The van der Waals surface area contributed by atoms with Gasteiger partial charge in [-0.2, -0.15) is 0 Å². The maximum absolute atomic E-state index is 13.7. The third kappa shape index (κ3) is 3.53. The summed E-state index contributed by atoms with van der Waals surface area (Å²) in [4.78, 5) is 11.9. The summed E-state index contributed by atoms with van der Waals surface area (Å²) >= 11 is 0. The summed E-state index contributed by atoms with van der Waals surface area (Å²) in [5.41, 5.74) is 1.34. The van der Waals surface area contributed by atoms with Crippen LogP contribution in [-0.2, 0) is 6.54 Å². The first-order chi connectivity index (χ1) is 11.1. The van der Waals surface area contributed by atoms with E-state index in [1.54, 1.807) is 31.2 Å². The molecule has 0 saturated heterocycles. The highest BCUT2D eigenvalue weighted by Gasteiger charge is 2.15. The first kappa shape index (κ1) is 15.1. The molecular formula is C17H17FN2O3. The third-order valence-electron chi connectivity index (χ3n) is 3.61. The molecule has 0 bridgehead atoms. The maximum atomic E-state index is 13.7. The number of carbonyl (C=O) groups excluding carboxylic acids is 1. The second-order valence-electron chi connectivity index (χ2n) is 5.26. The van der Waals surface area contributed by atoms with Crippen molar-refractivity contribution in [2.24, 2.45) is 0 Å². The molecule has 2 amide bonds. The number of fused-ring (bicyclic) bond motifs is 1. The fourth-order valence-electron chi connectivity index (χ4n) is 2.38. The number of halogens is 1. The Morgan fingerprint density at radius 1 is 1.22 bits per heavy atom. The van der Waals surface area contributed by atoms with E-state index in [0.717, 1.165) is 5.56 Å². The molecule has 0 spiro atoms. The van der Waals surface area contributed by atoms with E-state index >= 15 is 0 Å². The van der Waals surface area contributed by atoms with Crippen LogP contribution in [-0.4, -0.2) is 12.8 Å². The number of rotatable bonds is 4. The molecule has 0 aromatic heterocycles. The zero-order valence-corrected chi connectivity index (χ0v) is 12.6. The van der Waals surface area contributed by atoms with Crippen LogP contribution in [0.25, 0.3) is 0 Å². The minimum atomic E-state index is -0.423. The summed E-state index contributed by atoms with van der Waals surface area (Å²) < 4.78 is 24.2. The van der Waals surface area contributed by atoms with Crippen LogP contribution in [0, 0.1) is 5.82 Å². The van der Waals surface area contributed by atoms with Crippen LogP contribution in [0.15, 0.2) is 42.5 Å². The van der Waals surface area contributed by atoms with Crippen LogP contribution in [0.5, 0.6) is 11.5 Å². The van der Waals surface area contributed by atoms with E-state index in [9.17, 15) is 9.18 Å². The Morgan fingerprint density at radius 3 is 2.83 bits per heavy atom. The van der Waals surface area contributed by atoms with Gasteiger partial charge in [0.15, 0.2) is 11.5 Å². The Labute approximate surface area is 133 Å². The molecule has 0 aliphatic carbocycles. The van der Waals surface area contributed by atoms with Gasteiger partial charge >= 0.3 is 6.03 Å². The molecule has 3 rings (SSSR count). The van der Waals surface area contributed by atoms with Crippen LogP contribution in [0.2, 0.25) is 0 Å². The van der Waals surface area contributed by atoms with Crippen molar-refractivity contribution in [3.63, 3.8) is 0 Å². The summed E-state index contributed by atoms with van der Waals surface area (Å²) in [5, 5.41) is 5.45. The highest BCUT2D eigenvalue weighted by atomic mass is 19.1. The zero-order valence-electron chi connectivity index (χ0n) is 12.6. The number of hydrogen-bond donors (Lipinski definition) is 2. The molecule has 0 fully saturated rings. The standard InChI is InChI=1S/C17H17FN2O3/c1-11(13-4-2-3-5-14(13)18)20-17(21)19-9-12-6-7-15-16(8-12)23-10-22-15/h2-8,11H,9-10H2,1H3,(H2,19,20,21)/t11-/m1/s1. The highest BCUT2D eigenvalue weighted by Crippen LogP contribution is 2.32. The molecule has 1 aliphatic heterocycles. The van der Waals surface area contributed by atoms with Gasteiger partial charge in [0.2, 0.25) is 6.79 Å². The van der Waals surface area contributed by atoms with Crippen molar-refractivity contribution in [2.45, 2.75) is 19.5 Å². The molecule has 0 unspecified atom stereocenters. The molecule has 1 atom stereocenters.